The van der Waals surface area contributed by atoms with E-state index in [1.54, 1.807) is 12.1 Å². The zero-order valence-electron chi connectivity index (χ0n) is 16.3. The number of ketones is 1. The van der Waals surface area contributed by atoms with Crippen LogP contribution in [-0.2, 0) is 6.42 Å². The van der Waals surface area contributed by atoms with Crippen LogP contribution < -0.4 is 0 Å². The van der Waals surface area contributed by atoms with Crippen LogP contribution in [-0.4, -0.2) is 5.78 Å². The van der Waals surface area contributed by atoms with E-state index in [1.165, 1.54) is 36.1 Å². The first kappa shape index (κ1) is 20.4. The van der Waals surface area contributed by atoms with Crippen LogP contribution in [0.4, 0.5) is 4.39 Å². The molecule has 0 aliphatic carbocycles. The lowest BCUT2D eigenvalue weighted by atomic mass is 9.86. The molecule has 2 aromatic carbocycles. The summed E-state index contributed by atoms with van der Waals surface area (Å²) >= 11 is 0. The minimum atomic E-state index is -0.300. The molecule has 2 rings (SSSR count). The highest BCUT2D eigenvalue weighted by molar-refractivity contribution is 5.97. The average molecular weight is 355 g/mol. The molecule has 0 aliphatic heterocycles. The lowest BCUT2D eigenvalue weighted by Gasteiger charge is -2.19. The van der Waals surface area contributed by atoms with Crippen molar-refractivity contribution in [3.63, 3.8) is 0 Å². The first-order valence-corrected chi connectivity index (χ1v) is 9.93. The highest BCUT2D eigenvalue weighted by Crippen LogP contribution is 2.29. The zero-order chi connectivity index (χ0) is 18.9. The van der Waals surface area contributed by atoms with Gasteiger partial charge >= 0.3 is 0 Å². The van der Waals surface area contributed by atoms with Crippen molar-refractivity contribution in [1.82, 2.24) is 0 Å². The van der Waals surface area contributed by atoms with Gasteiger partial charge in [0.1, 0.15) is 5.82 Å². The van der Waals surface area contributed by atoms with E-state index in [-0.39, 0.29) is 17.5 Å². The molecule has 0 radical (unpaired) electrons. The molecule has 0 aliphatic rings. The highest BCUT2D eigenvalue weighted by atomic mass is 19.1. The molecule has 0 bridgehead atoms. The van der Waals surface area contributed by atoms with Crippen molar-refractivity contribution in [3.8, 4) is 0 Å². The maximum Gasteiger partial charge on any atom is 0.165 e. The first-order chi connectivity index (χ1) is 12.5. The first-order valence-electron chi connectivity index (χ1n) is 9.93. The van der Waals surface area contributed by atoms with E-state index in [9.17, 15) is 9.18 Å². The fraction of sp³-hybridized carbons (Fsp3) is 0.458. The fourth-order valence-electron chi connectivity index (χ4n) is 3.59. The predicted octanol–water partition coefficient (Wildman–Crippen LogP) is 6.96. The maximum atomic E-state index is 13.0. The molecule has 1 nitrogen and oxygen atoms in total. The largest absolute Gasteiger partial charge is 0.294 e. The van der Waals surface area contributed by atoms with Crippen molar-refractivity contribution < 1.29 is 9.18 Å². The Hall–Kier alpha value is -1.96. The molecular weight excluding hydrogens is 323 g/mol. The molecule has 0 saturated carbocycles. The Kier molecular flexibility index (Phi) is 8.03. The molecule has 0 aromatic heterocycles. The van der Waals surface area contributed by atoms with Crippen LogP contribution >= 0.6 is 0 Å². The Bertz CT molecular complexity index is 690. The number of carbonyl (C=O) groups is 1. The van der Waals surface area contributed by atoms with Crippen LogP contribution in [0, 0.1) is 11.7 Å². The summed E-state index contributed by atoms with van der Waals surface area (Å²) in [6.45, 7) is 6.41. The van der Waals surface area contributed by atoms with Crippen molar-refractivity contribution in [2.24, 2.45) is 5.92 Å². The highest BCUT2D eigenvalue weighted by Gasteiger charge is 2.17. The van der Waals surface area contributed by atoms with Gasteiger partial charge in [-0.05, 0) is 67.0 Å². The third kappa shape index (κ3) is 5.79. The average Bonchev–Trinajstić information content (AvgIpc) is 2.67. The van der Waals surface area contributed by atoms with Gasteiger partial charge in [-0.25, -0.2) is 4.39 Å². The molecule has 140 valence electrons. The van der Waals surface area contributed by atoms with E-state index in [0.717, 1.165) is 25.7 Å². The molecule has 2 heteroatoms. The topological polar surface area (TPSA) is 17.1 Å². The summed E-state index contributed by atoms with van der Waals surface area (Å²) in [6.07, 6.45) is 6.45. The van der Waals surface area contributed by atoms with E-state index in [1.807, 2.05) is 6.92 Å². The van der Waals surface area contributed by atoms with Crippen LogP contribution in [0.15, 0.2) is 48.5 Å². The lowest BCUT2D eigenvalue weighted by Crippen LogP contribution is -2.12. The predicted molar refractivity (Wildman–Crippen MR) is 107 cm³/mol. The smallest absolute Gasteiger partial charge is 0.165 e. The molecule has 0 spiro atoms. The number of hydrogen-bond acceptors (Lipinski definition) is 1. The van der Waals surface area contributed by atoms with Crippen LogP contribution in [0.5, 0.6) is 0 Å². The number of hydrogen-bond donors (Lipinski definition) is 0. The van der Waals surface area contributed by atoms with Gasteiger partial charge in [0.2, 0.25) is 0 Å². The SMILES string of the molecule is CCCC(CCCC(C)C(=O)c1ccc(F)cc1)c1cccc(CC)c1. The summed E-state index contributed by atoms with van der Waals surface area (Å²) in [6, 6.07) is 14.8. The van der Waals surface area contributed by atoms with Crippen molar-refractivity contribution in [3.05, 3.63) is 71.0 Å². The monoisotopic (exact) mass is 354 g/mol. The van der Waals surface area contributed by atoms with E-state index < -0.39 is 0 Å². The minimum absolute atomic E-state index is 0.0234. The number of benzene rings is 2. The molecule has 26 heavy (non-hydrogen) atoms. The molecule has 0 saturated heterocycles. The second kappa shape index (κ2) is 10.3. The second-order valence-corrected chi connectivity index (χ2v) is 7.29. The van der Waals surface area contributed by atoms with Gasteiger partial charge in [-0.1, -0.05) is 57.9 Å². The van der Waals surface area contributed by atoms with Gasteiger partial charge in [0.05, 0.1) is 0 Å². The Morgan fingerprint density at radius 1 is 1.00 bits per heavy atom. The number of halogens is 1. The number of rotatable bonds is 10. The Balaban J connectivity index is 1.92. The van der Waals surface area contributed by atoms with Gasteiger partial charge in [0.15, 0.2) is 5.78 Å². The summed E-state index contributed by atoms with van der Waals surface area (Å²) < 4.78 is 13.0. The quantitative estimate of drug-likeness (QED) is 0.421. The van der Waals surface area contributed by atoms with Crippen molar-refractivity contribution in [2.75, 3.05) is 0 Å². The Morgan fingerprint density at radius 2 is 1.73 bits per heavy atom. The second-order valence-electron chi connectivity index (χ2n) is 7.29. The molecule has 0 heterocycles. The summed E-state index contributed by atoms with van der Waals surface area (Å²) in [5.41, 5.74) is 3.44. The molecular formula is C24H31FO. The molecule has 2 atom stereocenters. The zero-order valence-corrected chi connectivity index (χ0v) is 16.3. The fourth-order valence-corrected chi connectivity index (χ4v) is 3.59. The van der Waals surface area contributed by atoms with Gasteiger partial charge in [-0.15, -0.1) is 0 Å². The van der Waals surface area contributed by atoms with Gasteiger partial charge in [-0.3, -0.25) is 4.79 Å². The van der Waals surface area contributed by atoms with E-state index in [0.29, 0.717) is 11.5 Å². The normalized spacial score (nSPS) is 13.4. The molecule has 0 N–H and O–H groups in total. The summed E-state index contributed by atoms with van der Waals surface area (Å²) in [4.78, 5) is 12.5. The van der Waals surface area contributed by atoms with E-state index in [2.05, 4.69) is 38.1 Å². The standard InChI is InChI=1S/C24H31FO/c1-4-8-20(22-12-7-10-19(5-2)17-22)11-6-9-18(3)24(26)21-13-15-23(25)16-14-21/h7,10,12-18,20H,4-6,8-9,11H2,1-3H3. The third-order valence-corrected chi connectivity index (χ3v) is 5.23. The van der Waals surface area contributed by atoms with E-state index >= 15 is 0 Å². The summed E-state index contributed by atoms with van der Waals surface area (Å²) in [5, 5.41) is 0. The molecule has 2 unspecified atom stereocenters. The van der Waals surface area contributed by atoms with Gasteiger partial charge in [0, 0.05) is 11.5 Å². The van der Waals surface area contributed by atoms with Gasteiger partial charge < -0.3 is 0 Å². The van der Waals surface area contributed by atoms with Crippen LogP contribution in [0.1, 0.15) is 80.3 Å². The van der Waals surface area contributed by atoms with Crippen LogP contribution in [0.3, 0.4) is 0 Å². The van der Waals surface area contributed by atoms with Gasteiger partial charge in [0.25, 0.3) is 0 Å². The summed E-state index contributed by atoms with van der Waals surface area (Å²) in [5.74, 6) is 0.361. The molecule has 0 fully saturated rings. The molecule has 2 aromatic rings. The third-order valence-electron chi connectivity index (χ3n) is 5.23. The Labute approximate surface area is 157 Å². The van der Waals surface area contributed by atoms with Crippen LogP contribution in [0.25, 0.3) is 0 Å². The number of Topliss-reactive ketones (excluding diaryl/α,β-unsaturated/α-hetero) is 1. The lowest BCUT2D eigenvalue weighted by molar-refractivity contribution is 0.0922. The maximum absolute atomic E-state index is 13.0. The van der Waals surface area contributed by atoms with Crippen LogP contribution in [0.2, 0.25) is 0 Å². The summed E-state index contributed by atoms with van der Waals surface area (Å²) in [7, 11) is 0. The number of carbonyl (C=O) groups excluding carboxylic acids is 1. The minimum Gasteiger partial charge on any atom is -0.294 e. The van der Waals surface area contributed by atoms with E-state index in [4.69, 9.17) is 0 Å². The van der Waals surface area contributed by atoms with Crippen molar-refractivity contribution in [2.45, 2.75) is 65.2 Å². The van der Waals surface area contributed by atoms with Crippen molar-refractivity contribution in [1.29, 1.82) is 0 Å². The molecule has 0 amide bonds. The number of aryl methyl sites for hydroxylation is 1. The van der Waals surface area contributed by atoms with Crippen molar-refractivity contribution >= 4 is 5.78 Å². The Morgan fingerprint density at radius 3 is 2.38 bits per heavy atom. The van der Waals surface area contributed by atoms with Gasteiger partial charge in [-0.2, -0.15) is 0 Å².